The van der Waals surface area contributed by atoms with Gasteiger partial charge in [-0.05, 0) is 30.2 Å². The molecule has 1 heterocycles. The highest BCUT2D eigenvalue weighted by Gasteiger charge is 2.22. The predicted octanol–water partition coefficient (Wildman–Crippen LogP) is 2.80. The van der Waals surface area contributed by atoms with Gasteiger partial charge in [-0.1, -0.05) is 42.5 Å². The van der Waals surface area contributed by atoms with Gasteiger partial charge in [0.15, 0.2) is 0 Å². The van der Waals surface area contributed by atoms with Gasteiger partial charge < -0.3 is 19.8 Å². The maximum absolute atomic E-state index is 12.7. The third kappa shape index (κ3) is 7.28. The lowest BCUT2D eigenvalue weighted by Gasteiger charge is -2.16. The number of alkyl carbamates (subject to hydrolysis) is 1. The predicted molar refractivity (Wildman–Crippen MR) is 119 cm³/mol. The third-order valence-corrected chi connectivity index (χ3v) is 4.36. The molecule has 0 aliphatic heterocycles. The van der Waals surface area contributed by atoms with Gasteiger partial charge in [-0.3, -0.25) is 4.79 Å². The molecule has 9 heteroatoms. The number of carbonyl (C=O) groups is 2. The lowest BCUT2D eigenvalue weighted by atomic mass is 10.1. The van der Waals surface area contributed by atoms with Gasteiger partial charge >= 0.3 is 6.09 Å². The summed E-state index contributed by atoms with van der Waals surface area (Å²) in [5, 5.41) is 6.58. The summed E-state index contributed by atoms with van der Waals surface area (Å²) >= 11 is 0. The van der Waals surface area contributed by atoms with Crippen LogP contribution in [-0.4, -0.2) is 40.8 Å². The van der Waals surface area contributed by atoms with Crippen molar-refractivity contribution in [1.29, 1.82) is 0 Å². The van der Waals surface area contributed by atoms with Crippen LogP contribution in [0.25, 0.3) is 0 Å². The van der Waals surface area contributed by atoms with E-state index in [0.29, 0.717) is 18.1 Å². The topological polar surface area (TPSA) is 118 Å². The van der Waals surface area contributed by atoms with Crippen LogP contribution in [0, 0.1) is 0 Å². The van der Waals surface area contributed by atoms with E-state index in [9.17, 15) is 9.59 Å². The number of amides is 2. The molecule has 0 unspecified atom stereocenters. The average Bonchev–Trinajstić information content (AvgIpc) is 3.32. The maximum atomic E-state index is 12.7. The quantitative estimate of drug-likeness (QED) is 0.334. The Hall–Kier alpha value is -4.14. The maximum Gasteiger partial charge on any atom is 0.408 e. The smallest absolute Gasteiger partial charge is 0.408 e. The van der Waals surface area contributed by atoms with Crippen LogP contribution >= 0.6 is 0 Å². The number of ether oxygens (including phenoxy) is 2. The van der Waals surface area contributed by atoms with E-state index in [-0.39, 0.29) is 13.0 Å². The van der Waals surface area contributed by atoms with E-state index in [1.165, 1.54) is 12.5 Å². The van der Waals surface area contributed by atoms with Crippen LogP contribution in [0.3, 0.4) is 0 Å². The lowest BCUT2D eigenvalue weighted by molar-refractivity contribution is -0.123. The molecule has 0 aliphatic rings. The van der Waals surface area contributed by atoms with Gasteiger partial charge in [-0.15, -0.1) is 0 Å². The van der Waals surface area contributed by atoms with Crippen LogP contribution < -0.4 is 15.5 Å². The first-order chi connectivity index (χ1) is 15.6. The average molecular weight is 435 g/mol. The molecule has 0 saturated carbocycles. The molecule has 0 spiro atoms. The van der Waals surface area contributed by atoms with Crippen molar-refractivity contribution >= 4 is 18.2 Å². The minimum absolute atomic E-state index is 0.0966. The zero-order valence-electron chi connectivity index (χ0n) is 17.7. The van der Waals surface area contributed by atoms with E-state index < -0.39 is 18.0 Å². The molecule has 0 aliphatic carbocycles. The molecule has 0 bridgehead atoms. The van der Waals surface area contributed by atoms with Gasteiger partial charge in [-0.2, -0.15) is 5.10 Å². The summed E-state index contributed by atoms with van der Waals surface area (Å²) in [7, 11) is 0. The van der Waals surface area contributed by atoms with Gasteiger partial charge in [0, 0.05) is 18.3 Å². The molecular formula is C23H25N5O4. The minimum Gasteiger partial charge on any atom is -0.494 e. The molecule has 1 aromatic heterocycles. The highest BCUT2D eigenvalue weighted by Crippen LogP contribution is 2.11. The van der Waals surface area contributed by atoms with Crippen molar-refractivity contribution in [1.82, 2.24) is 20.7 Å². The Kier molecular flexibility index (Phi) is 8.38. The van der Waals surface area contributed by atoms with E-state index >= 15 is 0 Å². The minimum atomic E-state index is -0.911. The van der Waals surface area contributed by atoms with Crippen LogP contribution in [0.4, 0.5) is 4.79 Å². The molecule has 9 nitrogen and oxygen atoms in total. The van der Waals surface area contributed by atoms with E-state index in [0.717, 1.165) is 11.1 Å². The summed E-state index contributed by atoms with van der Waals surface area (Å²) < 4.78 is 10.7. The number of nitrogens with zero attached hydrogens (tertiary/aromatic N) is 2. The van der Waals surface area contributed by atoms with Crippen molar-refractivity contribution in [3.8, 4) is 5.75 Å². The Morgan fingerprint density at radius 3 is 2.78 bits per heavy atom. The van der Waals surface area contributed by atoms with Crippen LogP contribution in [0.5, 0.6) is 5.75 Å². The first-order valence-corrected chi connectivity index (χ1v) is 10.1. The number of H-pyrrole nitrogens is 1. The summed E-state index contributed by atoms with van der Waals surface area (Å²) in [6.45, 7) is 2.55. The Labute approximate surface area is 185 Å². The van der Waals surface area contributed by atoms with Crippen LogP contribution in [-0.2, 0) is 22.6 Å². The molecule has 3 N–H and O–H groups in total. The van der Waals surface area contributed by atoms with Crippen LogP contribution in [0.15, 0.2) is 72.2 Å². The summed E-state index contributed by atoms with van der Waals surface area (Å²) in [5.74, 6) is 0.219. The number of aromatic nitrogens is 2. The van der Waals surface area contributed by atoms with E-state index in [1.807, 2.05) is 55.5 Å². The Balaban J connectivity index is 1.59. The van der Waals surface area contributed by atoms with Crippen molar-refractivity contribution in [2.45, 2.75) is 26.0 Å². The number of benzene rings is 2. The second-order valence-corrected chi connectivity index (χ2v) is 6.78. The van der Waals surface area contributed by atoms with Crippen LogP contribution in [0.2, 0.25) is 0 Å². The number of aromatic amines is 1. The molecule has 166 valence electrons. The Morgan fingerprint density at radius 1 is 1.19 bits per heavy atom. The van der Waals surface area contributed by atoms with E-state index in [4.69, 9.17) is 9.47 Å². The number of hydrogen-bond donors (Lipinski definition) is 3. The second kappa shape index (κ2) is 11.9. The first-order valence-electron chi connectivity index (χ1n) is 10.1. The largest absolute Gasteiger partial charge is 0.494 e. The molecule has 0 saturated heterocycles. The van der Waals surface area contributed by atoms with Gasteiger partial charge in [0.25, 0.3) is 5.91 Å². The number of hydrazone groups is 1. The fourth-order valence-corrected chi connectivity index (χ4v) is 2.83. The zero-order chi connectivity index (χ0) is 22.6. The molecule has 32 heavy (non-hydrogen) atoms. The summed E-state index contributed by atoms with van der Waals surface area (Å²) in [6.07, 6.45) is 4.08. The molecular weight excluding hydrogens is 410 g/mol. The second-order valence-electron chi connectivity index (χ2n) is 6.78. The number of carbonyl (C=O) groups excluding carboxylic acids is 2. The highest BCUT2D eigenvalue weighted by molar-refractivity contribution is 5.87. The summed E-state index contributed by atoms with van der Waals surface area (Å²) in [4.78, 5) is 31.8. The van der Waals surface area contributed by atoms with E-state index in [2.05, 4.69) is 25.8 Å². The normalized spacial score (nSPS) is 11.7. The van der Waals surface area contributed by atoms with Gasteiger partial charge in [0.1, 0.15) is 18.4 Å². The fourth-order valence-electron chi connectivity index (χ4n) is 2.83. The number of imidazole rings is 1. The third-order valence-electron chi connectivity index (χ3n) is 4.36. The van der Waals surface area contributed by atoms with Crippen molar-refractivity contribution in [2.24, 2.45) is 5.10 Å². The molecule has 1 atom stereocenters. The van der Waals surface area contributed by atoms with Gasteiger partial charge in [0.05, 0.1) is 19.1 Å². The monoisotopic (exact) mass is 435 g/mol. The SMILES string of the molecule is CCOc1cccc(/C=N\NC(=O)[C@H](Cc2cnc[nH]2)NC(=O)OCc2ccccc2)c1. The van der Waals surface area contributed by atoms with Gasteiger partial charge in [-0.25, -0.2) is 15.2 Å². The molecule has 3 aromatic rings. The summed E-state index contributed by atoms with van der Waals surface area (Å²) in [6, 6.07) is 15.7. The number of nitrogens with one attached hydrogen (secondary N) is 3. The van der Waals surface area contributed by atoms with Gasteiger partial charge in [0.2, 0.25) is 0 Å². The van der Waals surface area contributed by atoms with Crippen molar-refractivity contribution in [3.05, 3.63) is 83.9 Å². The lowest BCUT2D eigenvalue weighted by Crippen LogP contribution is -2.47. The molecule has 0 fully saturated rings. The Morgan fingerprint density at radius 2 is 2.03 bits per heavy atom. The number of hydrogen-bond acceptors (Lipinski definition) is 6. The van der Waals surface area contributed by atoms with E-state index in [1.54, 1.807) is 12.3 Å². The summed E-state index contributed by atoms with van der Waals surface area (Å²) in [5.41, 5.74) is 4.75. The Bertz CT molecular complexity index is 1020. The standard InChI is InChI=1S/C23H25N5O4/c1-2-31-20-10-6-9-18(11-20)13-26-28-22(29)21(12-19-14-24-16-25-19)27-23(30)32-15-17-7-4-3-5-8-17/h3-11,13-14,16,21H,2,12,15H2,1H3,(H,24,25)(H,27,30)(H,28,29)/b26-13-/t21-/m0/s1. The van der Waals surface area contributed by atoms with Crippen molar-refractivity contribution in [3.63, 3.8) is 0 Å². The molecule has 0 radical (unpaired) electrons. The zero-order valence-corrected chi connectivity index (χ0v) is 17.7. The van der Waals surface area contributed by atoms with Crippen molar-refractivity contribution in [2.75, 3.05) is 6.61 Å². The fraction of sp³-hybridized carbons (Fsp3) is 0.217. The highest BCUT2D eigenvalue weighted by atomic mass is 16.5. The first kappa shape index (κ1) is 22.5. The van der Waals surface area contributed by atoms with Crippen LogP contribution in [0.1, 0.15) is 23.7 Å². The molecule has 2 aromatic carbocycles. The molecule has 3 rings (SSSR count). The molecule has 2 amide bonds. The van der Waals surface area contributed by atoms with Crippen molar-refractivity contribution < 1.29 is 19.1 Å². The number of rotatable bonds is 10.